The molecule has 1 fully saturated rings. The Labute approximate surface area is 179 Å². The van der Waals surface area contributed by atoms with E-state index < -0.39 is 21.2 Å². The normalized spacial score (nSPS) is 16.7. The maximum absolute atomic E-state index is 14.3. The fourth-order valence-electron chi connectivity index (χ4n) is 3.27. The van der Waals surface area contributed by atoms with E-state index in [9.17, 15) is 17.6 Å². The lowest BCUT2D eigenvalue weighted by Crippen LogP contribution is -2.28. The molecule has 5 nitrogen and oxygen atoms in total. The molecule has 3 aromatic rings. The van der Waals surface area contributed by atoms with Gasteiger partial charge in [0, 0.05) is 5.69 Å². The molecule has 4 rings (SSSR count). The summed E-state index contributed by atoms with van der Waals surface area (Å²) in [5, 5.41) is -0.446. The predicted molar refractivity (Wildman–Crippen MR) is 118 cm³/mol. The Morgan fingerprint density at radius 1 is 1.03 bits per heavy atom. The average Bonchev–Trinajstić information content (AvgIpc) is 3.10. The van der Waals surface area contributed by atoms with Crippen LogP contribution in [0.3, 0.4) is 0 Å². The molecule has 1 saturated heterocycles. The van der Waals surface area contributed by atoms with Gasteiger partial charge in [-0.2, -0.15) is 0 Å². The highest BCUT2D eigenvalue weighted by molar-refractivity contribution is 8.00. The summed E-state index contributed by atoms with van der Waals surface area (Å²) >= 11 is 1.37. The zero-order chi connectivity index (χ0) is 21.3. The summed E-state index contributed by atoms with van der Waals surface area (Å²) < 4.78 is 42.3. The lowest BCUT2D eigenvalue weighted by molar-refractivity contribution is -0.115. The van der Waals surface area contributed by atoms with E-state index in [1.807, 2.05) is 6.92 Å². The fourth-order valence-corrected chi connectivity index (χ4v) is 5.47. The van der Waals surface area contributed by atoms with Gasteiger partial charge in [0.2, 0.25) is 5.91 Å². The second-order valence-corrected chi connectivity index (χ2v) is 9.67. The van der Waals surface area contributed by atoms with E-state index in [4.69, 9.17) is 0 Å². The first-order valence-electron chi connectivity index (χ1n) is 9.23. The zero-order valence-corrected chi connectivity index (χ0v) is 17.7. The number of nitrogens with zero attached hydrogens (tertiary/aromatic N) is 1. The number of carbonyl (C=O) groups excluding carboxylic acids is 1. The van der Waals surface area contributed by atoms with Crippen LogP contribution in [0.25, 0.3) is 0 Å². The third-order valence-electron chi connectivity index (χ3n) is 4.74. The van der Waals surface area contributed by atoms with Crippen molar-refractivity contribution in [1.82, 2.24) is 0 Å². The van der Waals surface area contributed by atoms with Crippen LogP contribution in [0, 0.1) is 12.7 Å². The van der Waals surface area contributed by atoms with Crippen LogP contribution >= 0.6 is 11.8 Å². The number of halogens is 1. The van der Waals surface area contributed by atoms with Crippen LogP contribution in [0.4, 0.5) is 15.8 Å². The van der Waals surface area contributed by atoms with Crippen molar-refractivity contribution in [2.24, 2.45) is 0 Å². The number of anilines is 2. The van der Waals surface area contributed by atoms with Crippen molar-refractivity contribution in [1.29, 1.82) is 0 Å². The van der Waals surface area contributed by atoms with Gasteiger partial charge in [-0.05, 0) is 48.9 Å². The average molecular weight is 443 g/mol. The predicted octanol–water partition coefficient (Wildman–Crippen LogP) is 4.71. The Hall–Kier alpha value is -2.84. The van der Waals surface area contributed by atoms with E-state index in [1.165, 1.54) is 22.7 Å². The number of hydrogen-bond acceptors (Lipinski definition) is 4. The van der Waals surface area contributed by atoms with Crippen LogP contribution in [0.5, 0.6) is 0 Å². The molecule has 1 aliphatic heterocycles. The highest BCUT2D eigenvalue weighted by Crippen LogP contribution is 2.43. The quantitative estimate of drug-likeness (QED) is 0.621. The molecular formula is C22H19FN2O3S2. The molecule has 154 valence electrons. The van der Waals surface area contributed by atoms with Crippen LogP contribution < -0.4 is 9.62 Å². The second-order valence-electron chi connectivity index (χ2n) is 6.92. The van der Waals surface area contributed by atoms with E-state index >= 15 is 0 Å². The van der Waals surface area contributed by atoms with Crippen molar-refractivity contribution >= 4 is 39.1 Å². The molecule has 0 bridgehead atoms. The van der Waals surface area contributed by atoms with Gasteiger partial charge >= 0.3 is 0 Å². The third kappa shape index (κ3) is 4.06. The van der Waals surface area contributed by atoms with Crippen LogP contribution in [0.1, 0.15) is 16.5 Å². The van der Waals surface area contributed by atoms with Gasteiger partial charge < -0.3 is 0 Å². The van der Waals surface area contributed by atoms with E-state index in [2.05, 4.69) is 4.72 Å². The Bertz CT molecular complexity index is 1200. The SMILES string of the molecule is Cc1ccc(S(=O)(=O)Nc2cccc([C@@H]3SCC(=O)N3c3ccccc3F)c2)cc1. The van der Waals surface area contributed by atoms with Crippen molar-refractivity contribution < 1.29 is 17.6 Å². The smallest absolute Gasteiger partial charge is 0.261 e. The van der Waals surface area contributed by atoms with Crippen LogP contribution in [0.15, 0.2) is 77.7 Å². The first-order valence-corrected chi connectivity index (χ1v) is 11.8. The summed E-state index contributed by atoms with van der Waals surface area (Å²) in [6, 6.07) is 19.5. The molecule has 1 N–H and O–H groups in total. The van der Waals surface area contributed by atoms with Crippen molar-refractivity contribution in [3.05, 3.63) is 89.7 Å². The summed E-state index contributed by atoms with van der Waals surface area (Å²) in [5.74, 6) is -0.450. The Morgan fingerprint density at radius 3 is 2.50 bits per heavy atom. The summed E-state index contributed by atoms with van der Waals surface area (Å²) in [5.41, 5.74) is 2.26. The minimum Gasteiger partial charge on any atom is -0.292 e. The summed E-state index contributed by atoms with van der Waals surface area (Å²) in [4.78, 5) is 14.1. The maximum Gasteiger partial charge on any atom is 0.261 e. The molecule has 1 atom stereocenters. The van der Waals surface area contributed by atoms with Gasteiger partial charge in [0.15, 0.2) is 0 Å². The van der Waals surface area contributed by atoms with E-state index in [0.717, 1.165) is 5.56 Å². The highest BCUT2D eigenvalue weighted by atomic mass is 32.2. The standard InChI is InChI=1S/C22H19FN2O3S2/c1-15-9-11-18(12-10-15)30(27,28)24-17-6-4-5-16(13-17)22-25(21(26)14-29-22)20-8-3-2-7-19(20)23/h2-13,22,24H,14H2,1H3/t22-/m0/s1. The Kier molecular flexibility index (Phi) is 5.53. The van der Waals surface area contributed by atoms with Crippen molar-refractivity contribution in [2.75, 3.05) is 15.4 Å². The number of thioether (sulfide) groups is 1. The molecule has 30 heavy (non-hydrogen) atoms. The van der Waals surface area contributed by atoms with Gasteiger partial charge in [-0.3, -0.25) is 14.4 Å². The molecule has 3 aromatic carbocycles. The number of amides is 1. The number of carbonyl (C=O) groups is 1. The third-order valence-corrected chi connectivity index (χ3v) is 7.34. The molecule has 0 aromatic heterocycles. The number of para-hydroxylation sites is 1. The molecule has 0 saturated carbocycles. The molecule has 0 spiro atoms. The van der Waals surface area contributed by atoms with Gasteiger partial charge in [0.05, 0.1) is 16.3 Å². The first-order chi connectivity index (χ1) is 14.3. The monoisotopic (exact) mass is 442 g/mol. The van der Waals surface area contributed by atoms with Crippen molar-refractivity contribution in [2.45, 2.75) is 17.2 Å². The number of sulfonamides is 1. The van der Waals surface area contributed by atoms with E-state index in [1.54, 1.807) is 66.7 Å². The number of rotatable bonds is 5. The molecule has 8 heteroatoms. The van der Waals surface area contributed by atoms with Crippen LogP contribution in [0.2, 0.25) is 0 Å². The van der Waals surface area contributed by atoms with Gasteiger partial charge in [0.25, 0.3) is 10.0 Å². The summed E-state index contributed by atoms with van der Waals surface area (Å²) in [6.07, 6.45) is 0. The van der Waals surface area contributed by atoms with Gasteiger partial charge in [-0.1, -0.05) is 42.0 Å². The Balaban J connectivity index is 1.64. The molecule has 1 heterocycles. The van der Waals surface area contributed by atoms with Gasteiger partial charge in [-0.25, -0.2) is 12.8 Å². The molecule has 1 amide bonds. The second kappa shape index (κ2) is 8.12. The number of benzene rings is 3. The molecule has 0 aliphatic carbocycles. The Morgan fingerprint density at radius 2 is 1.77 bits per heavy atom. The van der Waals surface area contributed by atoms with Crippen LogP contribution in [-0.4, -0.2) is 20.1 Å². The largest absolute Gasteiger partial charge is 0.292 e. The summed E-state index contributed by atoms with van der Waals surface area (Å²) in [6.45, 7) is 1.88. The number of aryl methyl sites for hydroxylation is 1. The minimum atomic E-state index is -3.75. The van der Waals surface area contributed by atoms with Crippen molar-refractivity contribution in [3.8, 4) is 0 Å². The maximum atomic E-state index is 14.3. The topological polar surface area (TPSA) is 66.5 Å². The first kappa shape index (κ1) is 20.4. The van der Waals surface area contributed by atoms with Crippen LogP contribution in [-0.2, 0) is 14.8 Å². The number of nitrogens with one attached hydrogen (secondary N) is 1. The molecule has 0 radical (unpaired) electrons. The molecule has 1 aliphatic rings. The molecular weight excluding hydrogens is 423 g/mol. The zero-order valence-electron chi connectivity index (χ0n) is 16.1. The minimum absolute atomic E-state index is 0.164. The van der Waals surface area contributed by atoms with Gasteiger partial charge in [0.1, 0.15) is 11.2 Å². The highest BCUT2D eigenvalue weighted by Gasteiger charge is 2.35. The fraction of sp³-hybridized carbons (Fsp3) is 0.136. The lowest BCUT2D eigenvalue weighted by Gasteiger charge is -2.25. The number of hydrogen-bond donors (Lipinski definition) is 1. The van der Waals surface area contributed by atoms with E-state index in [-0.39, 0.29) is 22.2 Å². The van der Waals surface area contributed by atoms with Crippen molar-refractivity contribution in [3.63, 3.8) is 0 Å². The summed E-state index contributed by atoms with van der Waals surface area (Å²) in [7, 11) is -3.75. The van der Waals surface area contributed by atoms with E-state index in [0.29, 0.717) is 11.3 Å². The lowest BCUT2D eigenvalue weighted by atomic mass is 10.1. The van der Waals surface area contributed by atoms with Gasteiger partial charge in [-0.15, -0.1) is 11.8 Å². The molecule has 0 unspecified atom stereocenters.